The summed E-state index contributed by atoms with van der Waals surface area (Å²) in [7, 11) is 0. The maximum absolute atomic E-state index is 12.7. The monoisotopic (exact) mass is 303 g/mol. The fourth-order valence-electron chi connectivity index (χ4n) is 3.18. The van der Waals surface area contributed by atoms with Gasteiger partial charge in [0.15, 0.2) is 0 Å². The van der Waals surface area contributed by atoms with Crippen LogP contribution in [0.2, 0.25) is 0 Å². The lowest BCUT2D eigenvalue weighted by Gasteiger charge is -2.34. The first-order chi connectivity index (χ1) is 10.5. The molecule has 1 aromatic rings. The molecule has 0 radical (unpaired) electrons. The van der Waals surface area contributed by atoms with Crippen LogP contribution >= 0.6 is 0 Å². The molecule has 0 aliphatic carbocycles. The van der Waals surface area contributed by atoms with E-state index in [1.165, 1.54) is 0 Å². The van der Waals surface area contributed by atoms with Crippen molar-refractivity contribution in [3.63, 3.8) is 0 Å². The zero-order valence-electron chi connectivity index (χ0n) is 13.4. The van der Waals surface area contributed by atoms with Gasteiger partial charge in [-0.3, -0.25) is 9.59 Å². The molecule has 2 atom stereocenters. The van der Waals surface area contributed by atoms with E-state index in [1.54, 1.807) is 0 Å². The van der Waals surface area contributed by atoms with Crippen molar-refractivity contribution in [3.8, 4) is 0 Å². The molecular formula is C18H25NO3. The van der Waals surface area contributed by atoms with Gasteiger partial charge in [0.25, 0.3) is 0 Å². The largest absolute Gasteiger partial charge is 0.481 e. The second-order valence-electron chi connectivity index (χ2n) is 6.36. The number of likely N-dealkylation sites (tertiary alicyclic amines) is 1. The molecule has 1 N–H and O–H groups in total. The van der Waals surface area contributed by atoms with Gasteiger partial charge in [-0.25, -0.2) is 0 Å². The van der Waals surface area contributed by atoms with Crippen LogP contribution in [0.25, 0.3) is 0 Å². The molecule has 1 aromatic carbocycles. The van der Waals surface area contributed by atoms with Crippen LogP contribution in [-0.4, -0.2) is 35.0 Å². The quantitative estimate of drug-likeness (QED) is 0.908. The van der Waals surface area contributed by atoms with E-state index in [4.69, 9.17) is 5.11 Å². The fourth-order valence-corrected chi connectivity index (χ4v) is 3.18. The molecule has 0 spiro atoms. The highest BCUT2D eigenvalue weighted by Gasteiger charge is 2.27. The average Bonchev–Trinajstić information content (AvgIpc) is 2.52. The Morgan fingerprint density at radius 1 is 1.41 bits per heavy atom. The number of carbonyl (C=O) groups excluding carboxylic acids is 1. The van der Waals surface area contributed by atoms with Crippen molar-refractivity contribution < 1.29 is 14.7 Å². The molecule has 1 fully saturated rings. The highest BCUT2D eigenvalue weighted by molar-refractivity contribution is 5.83. The fraction of sp³-hybridized carbons (Fsp3) is 0.556. The van der Waals surface area contributed by atoms with Gasteiger partial charge < -0.3 is 10.0 Å². The van der Waals surface area contributed by atoms with Gasteiger partial charge in [0, 0.05) is 19.5 Å². The second-order valence-corrected chi connectivity index (χ2v) is 6.36. The predicted molar refractivity (Wildman–Crippen MR) is 85.8 cm³/mol. The number of carbonyl (C=O) groups is 2. The van der Waals surface area contributed by atoms with Gasteiger partial charge in [-0.2, -0.15) is 0 Å². The topological polar surface area (TPSA) is 57.6 Å². The summed E-state index contributed by atoms with van der Waals surface area (Å²) < 4.78 is 0. The minimum Gasteiger partial charge on any atom is -0.481 e. The number of hydrogen-bond donors (Lipinski definition) is 1. The molecule has 1 heterocycles. The van der Waals surface area contributed by atoms with Crippen LogP contribution in [0, 0.1) is 12.8 Å². The van der Waals surface area contributed by atoms with Gasteiger partial charge in [0.1, 0.15) is 0 Å². The van der Waals surface area contributed by atoms with Crippen LogP contribution in [0.5, 0.6) is 0 Å². The zero-order chi connectivity index (χ0) is 16.1. The molecule has 1 saturated heterocycles. The summed E-state index contributed by atoms with van der Waals surface area (Å²) in [5.41, 5.74) is 2.22. The summed E-state index contributed by atoms with van der Waals surface area (Å²) in [5, 5.41) is 8.80. The van der Waals surface area contributed by atoms with E-state index in [2.05, 4.69) is 6.07 Å². The Bertz CT molecular complexity index is 541. The summed E-state index contributed by atoms with van der Waals surface area (Å²) in [6.45, 7) is 5.47. The smallest absolute Gasteiger partial charge is 0.303 e. The van der Waals surface area contributed by atoms with E-state index < -0.39 is 5.97 Å². The molecule has 1 amide bonds. The molecule has 0 bridgehead atoms. The number of benzene rings is 1. The standard InChI is InChI=1S/C18H25NO3/c1-13-5-3-7-16(11-13)14(2)18(22)19-10-4-6-15(12-19)8-9-17(20)21/h3,5,7,11,14-15H,4,6,8-10,12H2,1-2H3,(H,20,21)/t14-,15+/m1/s1. The summed E-state index contributed by atoms with van der Waals surface area (Å²) in [6, 6.07) is 8.08. The molecule has 0 aromatic heterocycles. The molecule has 2 rings (SSSR count). The number of aliphatic carboxylic acids is 1. The van der Waals surface area contributed by atoms with Gasteiger partial charge >= 0.3 is 5.97 Å². The number of nitrogens with zero attached hydrogens (tertiary/aromatic N) is 1. The SMILES string of the molecule is Cc1cccc([C@@H](C)C(=O)N2CCC[C@@H](CCC(=O)O)C2)c1. The number of hydrogen-bond acceptors (Lipinski definition) is 2. The minimum atomic E-state index is -0.753. The first-order valence-electron chi connectivity index (χ1n) is 8.04. The summed E-state index contributed by atoms with van der Waals surface area (Å²) in [5.74, 6) is -0.418. The Morgan fingerprint density at radius 2 is 2.18 bits per heavy atom. The third-order valence-corrected chi connectivity index (χ3v) is 4.51. The van der Waals surface area contributed by atoms with E-state index in [0.29, 0.717) is 18.9 Å². The van der Waals surface area contributed by atoms with Crippen molar-refractivity contribution in [2.45, 2.75) is 45.4 Å². The van der Waals surface area contributed by atoms with Crippen LogP contribution in [0.1, 0.15) is 49.7 Å². The number of aryl methyl sites for hydroxylation is 1. The Balaban J connectivity index is 1.97. The second kappa shape index (κ2) is 7.43. The summed E-state index contributed by atoms with van der Waals surface area (Å²) >= 11 is 0. The number of rotatable bonds is 5. The van der Waals surface area contributed by atoms with Crippen molar-refractivity contribution >= 4 is 11.9 Å². The van der Waals surface area contributed by atoms with Crippen LogP contribution in [0.15, 0.2) is 24.3 Å². The van der Waals surface area contributed by atoms with Crippen molar-refractivity contribution in [3.05, 3.63) is 35.4 Å². The van der Waals surface area contributed by atoms with Crippen LogP contribution < -0.4 is 0 Å². The Kier molecular flexibility index (Phi) is 5.58. The molecule has 1 aliphatic heterocycles. The zero-order valence-corrected chi connectivity index (χ0v) is 13.4. The first-order valence-corrected chi connectivity index (χ1v) is 8.04. The Labute approximate surface area is 132 Å². The third-order valence-electron chi connectivity index (χ3n) is 4.51. The highest BCUT2D eigenvalue weighted by atomic mass is 16.4. The molecule has 0 saturated carbocycles. The van der Waals surface area contributed by atoms with Gasteiger partial charge in [0.2, 0.25) is 5.91 Å². The predicted octanol–water partition coefficient (Wildman–Crippen LogP) is 3.20. The molecule has 4 nitrogen and oxygen atoms in total. The number of carboxylic acid groups (broad SMARTS) is 1. The normalized spacial score (nSPS) is 19.7. The Morgan fingerprint density at radius 3 is 2.86 bits per heavy atom. The minimum absolute atomic E-state index is 0.141. The van der Waals surface area contributed by atoms with E-state index in [0.717, 1.165) is 30.5 Å². The average molecular weight is 303 g/mol. The lowest BCUT2D eigenvalue weighted by Crippen LogP contribution is -2.42. The van der Waals surface area contributed by atoms with Crippen molar-refractivity contribution in [2.24, 2.45) is 5.92 Å². The third kappa shape index (κ3) is 4.33. The van der Waals surface area contributed by atoms with Crippen LogP contribution in [-0.2, 0) is 9.59 Å². The van der Waals surface area contributed by atoms with Gasteiger partial charge in [0.05, 0.1) is 5.92 Å². The Hall–Kier alpha value is -1.84. The van der Waals surface area contributed by atoms with Crippen molar-refractivity contribution in [1.29, 1.82) is 0 Å². The summed E-state index contributed by atoms with van der Waals surface area (Å²) in [4.78, 5) is 25.3. The molecular weight excluding hydrogens is 278 g/mol. The van der Waals surface area contributed by atoms with Gasteiger partial charge in [-0.1, -0.05) is 29.8 Å². The van der Waals surface area contributed by atoms with Gasteiger partial charge in [-0.15, -0.1) is 0 Å². The molecule has 1 aliphatic rings. The number of amides is 1. The van der Waals surface area contributed by atoms with Crippen molar-refractivity contribution in [2.75, 3.05) is 13.1 Å². The number of piperidine rings is 1. The highest BCUT2D eigenvalue weighted by Crippen LogP contribution is 2.25. The maximum Gasteiger partial charge on any atom is 0.303 e. The van der Waals surface area contributed by atoms with Gasteiger partial charge in [-0.05, 0) is 44.6 Å². The van der Waals surface area contributed by atoms with Crippen molar-refractivity contribution in [1.82, 2.24) is 4.90 Å². The number of carboxylic acids is 1. The first kappa shape index (κ1) is 16.5. The van der Waals surface area contributed by atoms with E-state index in [1.807, 2.05) is 36.9 Å². The van der Waals surface area contributed by atoms with Crippen LogP contribution in [0.3, 0.4) is 0 Å². The van der Waals surface area contributed by atoms with E-state index >= 15 is 0 Å². The van der Waals surface area contributed by atoms with E-state index in [9.17, 15) is 9.59 Å². The summed E-state index contributed by atoms with van der Waals surface area (Å²) in [6.07, 6.45) is 2.85. The molecule has 120 valence electrons. The maximum atomic E-state index is 12.7. The molecule has 22 heavy (non-hydrogen) atoms. The molecule has 0 unspecified atom stereocenters. The lowest BCUT2D eigenvalue weighted by atomic mass is 9.91. The lowest BCUT2D eigenvalue weighted by molar-refractivity contribution is -0.137. The van der Waals surface area contributed by atoms with Crippen LogP contribution in [0.4, 0.5) is 0 Å². The molecule has 4 heteroatoms. The van der Waals surface area contributed by atoms with E-state index in [-0.39, 0.29) is 18.2 Å².